The van der Waals surface area contributed by atoms with Crippen LogP contribution in [0.1, 0.15) is 17.2 Å². The Morgan fingerprint density at radius 1 is 1.16 bits per heavy atom. The summed E-state index contributed by atoms with van der Waals surface area (Å²) < 4.78 is 23.9. The van der Waals surface area contributed by atoms with E-state index in [2.05, 4.69) is 4.98 Å². The molecule has 0 aliphatic heterocycles. The van der Waals surface area contributed by atoms with E-state index in [9.17, 15) is 9.50 Å². The van der Waals surface area contributed by atoms with E-state index < -0.39 is 11.9 Å². The molecular weight excluding hydrogens is 249 g/mol. The van der Waals surface area contributed by atoms with E-state index in [-0.39, 0.29) is 5.56 Å². The number of rotatable bonds is 4. The van der Waals surface area contributed by atoms with E-state index in [0.29, 0.717) is 17.1 Å². The fraction of sp³-hybridized carbons (Fsp3) is 0.214. The molecule has 0 amide bonds. The smallest absolute Gasteiger partial charge is 0.147 e. The molecule has 0 saturated heterocycles. The summed E-state index contributed by atoms with van der Waals surface area (Å²) in [6.45, 7) is 0. The highest BCUT2D eigenvalue weighted by Crippen LogP contribution is 2.33. The lowest BCUT2D eigenvalue weighted by molar-refractivity contribution is 0.209. The SMILES string of the molecule is COc1ccc(OC)c(C(O)c2ccncc2F)c1. The van der Waals surface area contributed by atoms with Crippen molar-refractivity contribution in [2.24, 2.45) is 0 Å². The second-order valence-corrected chi connectivity index (χ2v) is 3.91. The average Bonchev–Trinajstić information content (AvgIpc) is 2.46. The summed E-state index contributed by atoms with van der Waals surface area (Å²) in [6.07, 6.45) is 1.34. The van der Waals surface area contributed by atoms with Crippen molar-refractivity contribution >= 4 is 0 Å². The van der Waals surface area contributed by atoms with Gasteiger partial charge in [-0.2, -0.15) is 0 Å². The van der Waals surface area contributed by atoms with E-state index in [1.54, 1.807) is 18.2 Å². The summed E-state index contributed by atoms with van der Waals surface area (Å²) >= 11 is 0. The summed E-state index contributed by atoms with van der Waals surface area (Å²) in [5.74, 6) is 0.452. The van der Waals surface area contributed by atoms with Crippen molar-refractivity contribution in [1.82, 2.24) is 4.98 Å². The third-order valence-corrected chi connectivity index (χ3v) is 2.83. The van der Waals surface area contributed by atoms with Crippen molar-refractivity contribution in [2.75, 3.05) is 14.2 Å². The number of pyridine rings is 1. The predicted molar refractivity (Wildman–Crippen MR) is 67.8 cm³/mol. The molecule has 1 heterocycles. The highest BCUT2D eigenvalue weighted by molar-refractivity contribution is 5.45. The molecule has 1 unspecified atom stereocenters. The number of aliphatic hydroxyl groups excluding tert-OH is 1. The van der Waals surface area contributed by atoms with Crippen LogP contribution in [0.2, 0.25) is 0 Å². The predicted octanol–water partition coefficient (Wildman–Crippen LogP) is 2.32. The molecule has 0 fully saturated rings. The zero-order chi connectivity index (χ0) is 13.8. The van der Waals surface area contributed by atoms with Crippen molar-refractivity contribution in [3.05, 3.63) is 53.6 Å². The van der Waals surface area contributed by atoms with Crippen LogP contribution in [0.4, 0.5) is 4.39 Å². The molecule has 1 N–H and O–H groups in total. The number of benzene rings is 1. The van der Waals surface area contributed by atoms with Gasteiger partial charge in [-0.25, -0.2) is 4.39 Å². The van der Waals surface area contributed by atoms with Crippen molar-refractivity contribution in [3.63, 3.8) is 0 Å². The van der Waals surface area contributed by atoms with Crippen molar-refractivity contribution in [3.8, 4) is 11.5 Å². The van der Waals surface area contributed by atoms with Crippen molar-refractivity contribution in [2.45, 2.75) is 6.10 Å². The molecule has 4 nitrogen and oxygen atoms in total. The summed E-state index contributed by atoms with van der Waals surface area (Å²) in [6, 6.07) is 6.41. The number of halogens is 1. The fourth-order valence-electron chi connectivity index (χ4n) is 1.83. The van der Waals surface area contributed by atoms with Crippen LogP contribution in [0, 0.1) is 5.82 Å². The molecule has 5 heteroatoms. The van der Waals surface area contributed by atoms with Gasteiger partial charge in [0, 0.05) is 17.3 Å². The lowest BCUT2D eigenvalue weighted by Crippen LogP contribution is -2.05. The lowest BCUT2D eigenvalue weighted by Gasteiger charge is -2.16. The van der Waals surface area contributed by atoms with Gasteiger partial charge in [0.05, 0.1) is 20.4 Å². The minimum Gasteiger partial charge on any atom is -0.497 e. The number of hydrogen-bond acceptors (Lipinski definition) is 4. The van der Waals surface area contributed by atoms with Crippen LogP contribution >= 0.6 is 0 Å². The van der Waals surface area contributed by atoms with Gasteiger partial charge in [0.15, 0.2) is 0 Å². The Labute approximate surface area is 110 Å². The molecule has 1 atom stereocenters. The summed E-state index contributed by atoms with van der Waals surface area (Å²) in [7, 11) is 3.01. The second kappa shape index (κ2) is 5.67. The van der Waals surface area contributed by atoms with E-state index in [4.69, 9.17) is 9.47 Å². The Bertz CT molecular complexity index is 574. The molecule has 0 saturated carbocycles. The average molecular weight is 263 g/mol. The molecule has 1 aromatic carbocycles. The fourth-order valence-corrected chi connectivity index (χ4v) is 1.83. The molecule has 0 aliphatic carbocycles. The van der Waals surface area contributed by atoms with E-state index in [1.807, 2.05) is 0 Å². The van der Waals surface area contributed by atoms with Crippen LogP contribution in [0.3, 0.4) is 0 Å². The molecular formula is C14H14FNO3. The molecule has 1 aromatic heterocycles. The Hall–Kier alpha value is -2.14. The van der Waals surface area contributed by atoms with Gasteiger partial charge in [0.1, 0.15) is 23.4 Å². The maximum absolute atomic E-state index is 13.6. The molecule has 0 bridgehead atoms. The maximum atomic E-state index is 13.6. The van der Waals surface area contributed by atoms with Crippen molar-refractivity contribution < 1.29 is 19.0 Å². The summed E-state index contributed by atoms with van der Waals surface area (Å²) in [5.41, 5.74) is 0.577. The number of aliphatic hydroxyl groups is 1. The number of hydrogen-bond donors (Lipinski definition) is 1. The normalized spacial score (nSPS) is 12.0. The standard InChI is InChI=1S/C14H14FNO3/c1-18-9-3-4-13(19-2)11(7-9)14(17)10-5-6-16-8-12(10)15/h3-8,14,17H,1-2H3. The molecule has 2 rings (SSSR count). The van der Waals surface area contributed by atoms with Crippen LogP contribution in [-0.2, 0) is 0 Å². The first-order valence-corrected chi connectivity index (χ1v) is 5.66. The van der Waals surface area contributed by atoms with Gasteiger partial charge in [0.25, 0.3) is 0 Å². The highest BCUT2D eigenvalue weighted by atomic mass is 19.1. The van der Waals surface area contributed by atoms with Gasteiger partial charge >= 0.3 is 0 Å². The Morgan fingerprint density at radius 3 is 2.58 bits per heavy atom. The zero-order valence-electron chi connectivity index (χ0n) is 10.6. The Morgan fingerprint density at radius 2 is 1.95 bits per heavy atom. The summed E-state index contributed by atoms with van der Waals surface area (Å²) in [4.78, 5) is 3.66. The van der Waals surface area contributed by atoms with Crippen LogP contribution in [-0.4, -0.2) is 24.3 Å². The first-order valence-electron chi connectivity index (χ1n) is 5.66. The topological polar surface area (TPSA) is 51.6 Å². The van der Waals surface area contributed by atoms with Gasteiger partial charge < -0.3 is 14.6 Å². The molecule has 19 heavy (non-hydrogen) atoms. The van der Waals surface area contributed by atoms with E-state index >= 15 is 0 Å². The Balaban J connectivity index is 2.48. The lowest BCUT2D eigenvalue weighted by atomic mass is 10.0. The van der Waals surface area contributed by atoms with Crippen LogP contribution in [0.5, 0.6) is 11.5 Å². The van der Waals surface area contributed by atoms with Gasteiger partial charge in [-0.05, 0) is 24.3 Å². The van der Waals surface area contributed by atoms with E-state index in [1.165, 1.54) is 26.5 Å². The number of nitrogens with zero attached hydrogens (tertiary/aromatic N) is 1. The van der Waals surface area contributed by atoms with E-state index in [0.717, 1.165) is 6.20 Å². The van der Waals surface area contributed by atoms with Gasteiger partial charge in [-0.15, -0.1) is 0 Å². The van der Waals surface area contributed by atoms with Gasteiger partial charge in [0.2, 0.25) is 0 Å². The number of methoxy groups -OCH3 is 2. The largest absolute Gasteiger partial charge is 0.497 e. The summed E-state index contributed by atoms with van der Waals surface area (Å²) in [5, 5.41) is 10.3. The molecule has 2 aromatic rings. The number of ether oxygens (including phenoxy) is 2. The zero-order valence-corrected chi connectivity index (χ0v) is 10.6. The molecule has 0 spiro atoms. The third kappa shape index (κ3) is 2.66. The van der Waals surface area contributed by atoms with Gasteiger partial charge in [-0.3, -0.25) is 4.98 Å². The molecule has 0 aliphatic rings. The first-order chi connectivity index (χ1) is 9.17. The van der Waals surface area contributed by atoms with Gasteiger partial charge in [-0.1, -0.05) is 0 Å². The van der Waals surface area contributed by atoms with Crippen LogP contribution in [0.25, 0.3) is 0 Å². The monoisotopic (exact) mass is 263 g/mol. The minimum atomic E-state index is -1.15. The number of aromatic nitrogens is 1. The Kier molecular flexibility index (Phi) is 3.97. The maximum Gasteiger partial charge on any atom is 0.147 e. The second-order valence-electron chi connectivity index (χ2n) is 3.91. The molecule has 100 valence electrons. The molecule has 0 radical (unpaired) electrons. The van der Waals surface area contributed by atoms with Crippen LogP contribution in [0.15, 0.2) is 36.7 Å². The van der Waals surface area contributed by atoms with Crippen molar-refractivity contribution in [1.29, 1.82) is 0 Å². The third-order valence-electron chi connectivity index (χ3n) is 2.83. The highest BCUT2D eigenvalue weighted by Gasteiger charge is 2.19. The minimum absolute atomic E-state index is 0.140. The first kappa shape index (κ1) is 13.3. The quantitative estimate of drug-likeness (QED) is 0.919. The van der Waals surface area contributed by atoms with Crippen LogP contribution < -0.4 is 9.47 Å².